The van der Waals surface area contributed by atoms with E-state index in [4.69, 9.17) is 5.73 Å². The Bertz CT molecular complexity index is 639. The Kier molecular flexibility index (Phi) is 1.77. The van der Waals surface area contributed by atoms with E-state index in [0.29, 0.717) is 5.82 Å². The van der Waals surface area contributed by atoms with Gasteiger partial charge in [-0.15, -0.1) is 0 Å². The third kappa shape index (κ3) is 1.07. The summed E-state index contributed by atoms with van der Waals surface area (Å²) < 4.78 is 1.99. The van der Waals surface area contributed by atoms with Gasteiger partial charge in [0.05, 0.1) is 11.0 Å². The van der Waals surface area contributed by atoms with E-state index in [0.717, 1.165) is 11.0 Å². The van der Waals surface area contributed by atoms with Crippen molar-refractivity contribution in [3.63, 3.8) is 0 Å². The lowest BCUT2D eigenvalue weighted by Gasteiger charge is -2.04. The highest BCUT2D eigenvalue weighted by atomic mass is 15.1. The molecule has 0 fully saturated rings. The monoisotopic (exact) mass is 208 g/mol. The molecule has 0 amide bonds. The summed E-state index contributed by atoms with van der Waals surface area (Å²) in [6.07, 6.45) is 0. The Balaban J connectivity index is 2.64. The summed E-state index contributed by atoms with van der Waals surface area (Å²) in [6, 6.07) is 16.5. The molecule has 0 aliphatic carbocycles. The first-order valence-corrected chi connectivity index (χ1v) is 5.22. The molecule has 78 valence electrons. The van der Waals surface area contributed by atoms with Gasteiger partial charge in [0.15, 0.2) is 0 Å². The predicted molar refractivity (Wildman–Crippen MR) is 69.0 cm³/mol. The minimum atomic E-state index is 0.553. The Hall–Kier alpha value is -2.22. The number of benzene rings is 2. The predicted octanol–water partition coefficient (Wildman–Crippen LogP) is 3.18. The van der Waals surface area contributed by atoms with Gasteiger partial charge in [0.1, 0.15) is 5.82 Å². The fraction of sp³-hybridized carbons (Fsp3) is 0. The Morgan fingerprint density at radius 2 is 1.31 bits per heavy atom. The summed E-state index contributed by atoms with van der Waals surface area (Å²) in [7, 11) is 0. The van der Waals surface area contributed by atoms with Crippen molar-refractivity contribution in [1.29, 1.82) is 0 Å². The van der Waals surface area contributed by atoms with E-state index in [2.05, 4.69) is 30.8 Å². The van der Waals surface area contributed by atoms with Gasteiger partial charge in [-0.05, 0) is 12.1 Å². The molecule has 16 heavy (non-hydrogen) atoms. The van der Waals surface area contributed by atoms with Crippen LogP contribution in [0.1, 0.15) is 0 Å². The van der Waals surface area contributed by atoms with Gasteiger partial charge in [-0.1, -0.05) is 43.0 Å². The molecule has 0 spiro atoms. The molecule has 0 saturated carbocycles. The average Bonchev–Trinajstić information content (AvgIpc) is 2.63. The van der Waals surface area contributed by atoms with Crippen molar-refractivity contribution in [3.8, 4) is 0 Å². The van der Waals surface area contributed by atoms with Crippen molar-refractivity contribution in [2.75, 3.05) is 0 Å². The summed E-state index contributed by atoms with van der Waals surface area (Å²) >= 11 is 0. The summed E-state index contributed by atoms with van der Waals surface area (Å²) in [4.78, 5) is 0. The van der Waals surface area contributed by atoms with Crippen molar-refractivity contribution in [2.45, 2.75) is 0 Å². The minimum absolute atomic E-state index is 0.553. The van der Waals surface area contributed by atoms with Crippen LogP contribution in [0.4, 0.5) is 0 Å². The van der Waals surface area contributed by atoms with Crippen LogP contribution in [0.25, 0.3) is 27.6 Å². The summed E-state index contributed by atoms with van der Waals surface area (Å²) in [6.45, 7) is 3.84. The fourth-order valence-corrected chi connectivity index (χ4v) is 2.23. The first kappa shape index (κ1) is 9.04. The minimum Gasteiger partial charge on any atom is -0.385 e. The summed E-state index contributed by atoms with van der Waals surface area (Å²) in [5, 5.41) is 2.43. The van der Waals surface area contributed by atoms with Gasteiger partial charge >= 0.3 is 0 Å². The van der Waals surface area contributed by atoms with E-state index in [-0.39, 0.29) is 0 Å². The maximum atomic E-state index is 5.86. The van der Waals surface area contributed by atoms with E-state index >= 15 is 0 Å². The van der Waals surface area contributed by atoms with Crippen LogP contribution < -0.4 is 5.73 Å². The SMILES string of the molecule is C=C(N)n1c2ccccc2c2ccccc21. The number of rotatable bonds is 1. The second-order valence-electron chi connectivity index (χ2n) is 3.86. The molecule has 1 aromatic heterocycles. The van der Waals surface area contributed by atoms with E-state index in [1.165, 1.54) is 10.8 Å². The van der Waals surface area contributed by atoms with Crippen LogP contribution in [-0.4, -0.2) is 4.57 Å². The molecule has 0 radical (unpaired) electrons. The fourth-order valence-electron chi connectivity index (χ4n) is 2.23. The van der Waals surface area contributed by atoms with Gasteiger partial charge in [0, 0.05) is 10.8 Å². The second-order valence-corrected chi connectivity index (χ2v) is 3.86. The molecule has 2 nitrogen and oxygen atoms in total. The largest absolute Gasteiger partial charge is 0.385 e. The molecule has 0 aliphatic rings. The van der Waals surface area contributed by atoms with Crippen molar-refractivity contribution in [2.24, 2.45) is 5.73 Å². The molecule has 3 aromatic rings. The topological polar surface area (TPSA) is 30.9 Å². The third-order valence-corrected chi connectivity index (χ3v) is 2.87. The molecule has 2 N–H and O–H groups in total. The molecule has 0 atom stereocenters. The van der Waals surface area contributed by atoms with Crippen LogP contribution in [-0.2, 0) is 0 Å². The molecule has 0 unspecified atom stereocenters. The smallest absolute Gasteiger partial charge is 0.100 e. The number of hydrogen-bond acceptors (Lipinski definition) is 1. The normalized spacial score (nSPS) is 11.0. The van der Waals surface area contributed by atoms with Crippen molar-refractivity contribution in [1.82, 2.24) is 4.57 Å². The molecule has 0 bridgehead atoms. The lowest BCUT2D eigenvalue weighted by molar-refractivity contribution is 1.18. The number of nitrogens with zero attached hydrogens (tertiary/aromatic N) is 1. The first-order valence-electron chi connectivity index (χ1n) is 5.22. The molecular formula is C14H12N2. The number of fused-ring (bicyclic) bond motifs is 3. The van der Waals surface area contributed by atoms with Crippen molar-refractivity contribution < 1.29 is 0 Å². The van der Waals surface area contributed by atoms with Crippen molar-refractivity contribution >= 4 is 27.6 Å². The highest BCUT2D eigenvalue weighted by molar-refractivity contribution is 6.09. The quantitative estimate of drug-likeness (QED) is 0.654. The Labute approximate surface area is 93.6 Å². The molecule has 0 saturated heterocycles. The van der Waals surface area contributed by atoms with Crippen LogP contribution in [0.3, 0.4) is 0 Å². The zero-order valence-electron chi connectivity index (χ0n) is 8.85. The molecule has 1 heterocycles. The third-order valence-electron chi connectivity index (χ3n) is 2.87. The number of para-hydroxylation sites is 2. The second kappa shape index (κ2) is 3.14. The number of aromatic nitrogens is 1. The standard InChI is InChI=1S/C14H12N2/c1-10(15)16-13-8-4-2-6-11(13)12-7-3-5-9-14(12)16/h2-9H,1,15H2. The average molecular weight is 208 g/mol. The van der Waals surface area contributed by atoms with Gasteiger partial charge in [-0.3, -0.25) is 4.57 Å². The van der Waals surface area contributed by atoms with Crippen LogP contribution in [0.15, 0.2) is 55.1 Å². The van der Waals surface area contributed by atoms with Gasteiger partial charge in [-0.25, -0.2) is 0 Å². The molecular weight excluding hydrogens is 196 g/mol. The molecule has 2 heteroatoms. The van der Waals surface area contributed by atoms with Gasteiger partial charge in [0.25, 0.3) is 0 Å². The van der Waals surface area contributed by atoms with Crippen LogP contribution in [0.2, 0.25) is 0 Å². The molecule has 3 rings (SSSR count). The van der Waals surface area contributed by atoms with Gasteiger partial charge in [0.2, 0.25) is 0 Å². The maximum Gasteiger partial charge on any atom is 0.100 e. The lowest BCUT2D eigenvalue weighted by Crippen LogP contribution is -2.03. The van der Waals surface area contributed by atoms with Crippen LogP contribution >= 0.6 is 0 Å². The lowest BCUT2D eigenvalue weighted by atomic mass is 10.2. The maximum absolute atomic E-state index is 5.86. The van der Waals surface area contributed by atoms with E-state index in [1.54, 1.807) is 0 Å². The van der Waals surface area contributed by atoms with Gasteiger partial charge in [-0.2, -0.15) is 0 Å². The molecule has 2 aromatic carbocycles. The summed E-state index contributed by atoms with van der Waals surface area (Å²) in [5.41, 5.74) is 8.07. The highest BCUT2D eigenvalue weighted by Crippen LogP contribution is 2.29. The zero-order valence-corrected chi connectivity index (χ0v) is 8.85. The van der Waals surface area contributed by atoms with E-state index < -0.39 is 0 Å². The Morgan fingerprint density at radius 1 is 0.875 bits per heavy atom. The van der Waals surface area contributed by atoms with E-state index in [1.807, 2.05) is 28.8 Å². The summed E-state index contributed by atoms with van der Waals surface area (Å²) in [5.74, 6) is 0.553. The van der Waals surface area contributed by atoms with E-state index in [9.17, 15) is 0 Å². The van der Waals surface area contributed by atoms with Gasteiger partial charge < -0.3 is 5.73 Å². The van der Waals surface area contributed by atoms with Crippen LogP contribution in [0.5, 0.6) is 0 Å². The molecule has 0 aliphatic heterocycles. The highest BCUT2D eigenvalue weighted by Gasteiger charge is 2.09. The van der Waals surface area contributed by atoms with Crippen LogP contribution in [0, 0.1) is 0 Å². The first-order chi connectivity index (χ1) is 7.79. The van der Waals surface area contributed by atoms with Crippen molar-refractivity contribution in [3.05, 3.63) is 55.1 Å². The number of nitrogens with two attached hydrogens (primary N) is 1. The number of hydrogen-bond donors (Lipinski definition) is 1. The Morgan fingerprint density at radius 3 is 1.75 bits per heavy atom. The zero-order chi connectivity index (χ0) is 11.1.